The molecule has 2 N–H and O–H groups in total. The lowest BCUT2D eigenvalue weighted by atomic mass is 10.0. The zero-order valence-electron chi connectivity index (χ0n) is 13.2. The Hall–Kier alpha value is -1.85. The molecule has 0 aliphatic rings. The van der Waals surface area contributed by atoms with Crippen molar-refractivity contribution < 1.29 is 13.5 Å². The number of phenolic OH excluding ortho intramolecular Hbond substituents is 1. The first-order valence-corrected chi connectivity index (χ1v) is 8.51. The van der Waals surface area contributed by atoms with Crippen molar-refractivity contribution in [3.05, 3.63) is 48.0 Å². The third-order valence-corrected chi connectivity index (χ3v) is 4.92. The monoisotopic (exact) mass is 319 g/mol. The van der Waals surface area contributed by atoms with E-state index in [1.54, 1.807) is 51.1 Å². The molecule has 0 bridgehead atoms. The molecule has 0 fully saturated rings. The van der Waals surface area contributed by atoms with Crippen LogP contribution in [0.5, 0.6) is 5.75 Å². The molecule has 0 spiro atoms. The van der Waals surface area contributed by atoms with E-state index >= 15 is 0 Å². The Morgan fingerprint density at radius 2 is 1.50 bits per heavy atom. The van der Waals surface area contributed by atoms with Gasteiger partial charge >= 0.3 is 0 Å². The number of aryl methyl sites for hydroxylation is 1. The average Bonchev–Trinajstić information content (AvgIpc) is 2.39. The van der Waals surface area contributed by atoms with Crippen LogP contribution in [0.4, 0.5) is 0 Å². The van der Waals surface area contributed by atoms with Gasteiger partial charge in [-0.25, -0.2) is 13.1 Å². The zero-order chi connectivity index (χ0) is 16.5. The molecule has 0 radical (unpaired) electrons. The number of sulfonamides is 1. The number of nitrogens with one attached hydrogen (secondary N) is 1. The summed E-state index contributed by atoms with van der Waals surface area (Å²) in [6, 6.07) is 12.0. The van der Waals surface area contributed by atoms with E-state index in [-0.39, 0.29) is 10.6 Å². The maximum absolute atomic E-state index is 12.2. The van der Waals surface area contributed by atoms with E-state index in [9.17, 15) is 13.5 Å². The van der Waals surface area contributed by atoms with Crippen molar-refractivity contribution in [1.29, 1.82) is 0 Å². The lowest BCUT2D eigenvalue weighted by Gasteiger charge is -2.20. The summed E-state index contributed by atoms with van der Waals surface area (Å²) >= 11 is 0. The van der Waals surface area contributed by atoms with Gasteiger partial charge in [0.2, 0.25) is 10.0 Å². The van der Waals surface area contributed by atoms with Gasteiger partial charge in [-0.05, 0) is 62.6 Å². The molecule has 4 nitrogen and oxygen atoms in total. The summed E-state index contributed by atoms with van der Waals surface area (Å²) in [5.74, 6) is 0.226. The smallest absolute Gasteiger partial charge is 0.241 e. The maximum atomic E-state index is 12.2. The number of phenols is 1. The molecule has 2 aromatic carbocycles. The van der Waals surface area contributed by atoms with E-state index < -0.39 is 15.6 Å². The highest BCUT2D eigenvalue weighted by molar-refractivity contribution is 7.89. The molecule has 2 rings (SSSR count). The Morgan fingerprint density at radius 1 is 0.955 bits per heavy atom. The fraction of sp³-hybridized carbons (Fsp3) is 0.294. The largest absolute Gasteiger partial charge is 0.508 e. The first-order valence-electron chi connectivity index (χ1n) is 7.02. The van der Waals surface area contributed by atoms with Crippen LogP contribution in [0.3, 0.4) is 0 Å². The topological polar surface area (TPSA) is 66.4 Å². The fourth-order valence-electron chi connectivity index (χ4n) is 2.08. The van der Waals surface area contributed by atoms with Gasteiger partial charge < -0.3 is 5.11 Å². The number of benzene rings is 2. The van der Waals surface area contributed by atoms with Crippen LogP contribution in [0.15, 0.2) is 47.4 Å². The van der Waals surface area contributed by atoms with Crippen LogP contribution in [0.1, 0.15) is 26.3 Å². The molecule has 0 aromatic heterocycles. The van der Waals surface area contributed by atoms with Gasteiger partial charge in [0.15, 0.2) is 0 Å². The summed E-state index contributed by atoms with van der Waals surface area (Å²) in [5.41, 5.74) is 1.97. The van der Waals surface area contributed by atoms with Crippen molar-refractivity contribution in [2.75, 3.05) is 0 Å². The lowest BCUT2D eigenvalue weighted by molar-refractivity contribution is 0.471. The van der Waals surface area contributed by atoms with Crippen LogP contribution in [-0.4, -0.2) is 19.1 Å². The molecule has 0 atom stereocenters. The molecule has 118 valence electrons. The molecule has 2 aromatic rings. The molecule has 0 aliphatic carbocycles. The van der Waals surface area contributed by atoms with E-state index in [4.69, 9.17) is 0 Å². The van der Waals surface area contributed by atoms with Gasteiger partial charge in [0.05, 0.1) is 4.90 Å². The normalized spacial score (nSPS) is 12.4. The molecule has 0 amide bonds. The quantitative estimate of drug-likeness (QED) is 0.910. The summed E-state index contributed by atoms with van der Waals surface area (Å²) in [4.78, 5) is 0.225. The van der Waals surface area contributed by atoms with E-state index in [2.05, 4.69) is 4.72 Å². The van der Waals surface area contributed by atoms with Crippen LogP contribution in [0.2, 0.25) is 0 Å². The van der Waals surface area contributed by atoms with Gasteiger partial charge in [-0.3, -0.25) is 0 Å². The molecular formula is C17H21NO3S. The van der Waals surface area contributed by atoms with Crippen LogP contribution in [-0.2, 0) is 10.0 Å². The summed E-state index contributed by atoms with van der Waals surface area (Å²) in [6.45, 7) is 7.23. The molecule has 0 aliphatic heterocycles. The van der Waals surface area contributed by atoms with Gasteiger partial charge in [0, 0.05) is 5.54 Å². The number of aromatic hydroxyl groups is 1. The van der Waals surface area contributed by atoms with E-state index in [1.807, 2.05) is 19.1 Å². The Bertz CT molecular complexity index is 773. The van der Waals surface area contributed by atoms with E-state index in [0.29, 0.717) is 0 Å². The van der Waals surface area contributed by atoms with Crippen molar-refractivity contribution in [1.82, 2.24) is 4.72 Å². The minimum Gasteiger partial charge on any atom is -0.508 e. The SMILES string of the molecule is Cc1ccc(-c2ccc(S(=O)(=O)NC(C)(C)C)cc2)cc1O. The molecule has 5 heteroatoms. The molecule has 0 saturated heterocycles. The summed E-state index contributed by atoms with van der Waals surface area (Å²) in [7, 11) is -3.53. The summed E-state index contributed by atoms with van der Waals surface area (Å²) in [6.07, 6.45) is 0. The van der Waals surface area contributed by atoms with Crippen molar-refractivity contribution in [2.45, 2.75) is 38.1 Å². The third kappa shape index (κ3) is 3.87. The average molecular weight is 319 g/mol. The molecule has 0 unspecified atom stereocenters. The fourth-order valence-corrected chi connectivity index (χ4v) is 3.50. The predicted molar refractivity (Wildman–Crippen MR) is 88.4 cm³/mol. The van der Waals surface area contributed by atoms with Gasteiger partial charge in [0.25, 0.3) is 0 Å². The summed E-state index contributed by atoms with van der Waals surface area (Å²) < 4.78 is 27.1. The molecule has 22 heavy (non-hydrogen) atoms. The van der Waals surface area contributed by atoms with Crippen LogP contribution in [0.25, 0.3) is 11.1 Å². The second-order valence-corrected chi connectivity index (χ2v) is 8.06. The Kier molecular flexibility index (Phi) is 4.31. The van der Waals surface area contributed by atoms with E-state index in [1.165, 1.54) is 0 Å². The second kappa shape index (κ2) is 5.74. The highest BCUT2D eigenvalue weighted by Crippen LogP contribution is 2.27. The van der Waals surface area contributed by atoms with Gasteiger partial charge in [-0.2, -0.15) is 0 Å². The Morgan fingerprint density at radius 3 is 2.00 bits per heavy atom. The van der Waals surface area contributed by atoms with Crippen LogP contribution in [0, 0.1) is 6.92 Å². The van der Waals surface area contributed by atoms with Crippen molar-refractivity contribution in [3.8, 4) is 16.9 Å². The highest BCUT2D eigenvalue weighted by Gasteiger charge is 2.21. The van der Waals surface area contributed by atoms with Crippen LogP contribution >= 0.6 is 0 Å². The van der Waals surface area contributed by atoms with Crippen molar-refractivity contribution in [3.63, 3.8) is 0 Å². The second-order valence-electron chi connectivity index (χ2n) is 6.38. The number of hydrogen-bond donors (Lipinski definition) is 2. The molecule has 0 heterocycles. The Balaban J connectivity index is 2.32. The predicted octanol–water partition coefficient (Wildman–Crippen LogP) is 3.44. The molecular weight excluding hydrogens is 298 g/mol. The van der Waals surface area contributed by atoms with Crippen molar-refractivity contribution >= 4 is 10.0 Å². The van der Waals surface area contributed by atoms with Crippen LogP contribution < -0.4 is 4.72 Å². The maximum Gasteiger partial charge on any atom is 0.241 e. The highest BCUT2D eigenvalue weighted by atomic mass is 32.2. The number of rotatable bonds is 3. The summed E-state index contributed by atoms with van der Waals surface area (Å²) in [5, 5.41) is 9.77. The zero-order valence-corrected chi connectivity index (χ0v) is 14.0. The lowest BCUT2D eigenvalue weighted by Crippen LogP contribution is -2.40. The van der Waals surface area contributed by atoms with E-state index in [0.717, 1.165) is 16.7 Å². The van der Waals surface area contributed by atoms with Gasteiger partial charge in [-0.1, -0.05) is 24.3 Å². The standard InChI is InChI=1S/C17H21NO3S/c1-12-5-6-14(11-16(12)19)13-7-9-15(10-8-13)22(20,21)18-17(2,3)4/h5-11,18-19H,1-4H3. The Labute approximate surface area is 131 Å². The minimum atomic E-state index is -3.53. The van der Waals surface area contributed by atoms with Gasteiger partial charge in [0.1, 0.15) is 5.75 Å². The van der Waals surface area contributed by atoms with Crippen molar-refractivity contribution in [2.24, 2.45) is 0 Å². The third-order valence-electron chi connectivity index (χ3n) is 3.15. The first-order chi connectivity index (χ1) is 10.1. The first kappa shape index (κ1) is 16.5. The molecule has 0 saturated carbocycles. The van der Waals surface area contributed by atoms with Gasteiger partial charge in [-0.15, -0.1) is 0 Å². The minimum absolute atomic E-state index is 0.225. The number of hydrogen-bond acceptors (Lipinski definition) is 3.